The summed E-state index contributed by atoms with van der Waals surface area (Å²) in [6.07, 6.45) is 6.23. The van der Waals surface area contributed by atoms with Gasteiger partial charge in [-0.05, 0) is 56.0 Å². The Bertz CT molecular complexity index is 688. The summed E-state index contributed by atoms with van der Waals surface area (Å²) in [4.78, 5) is 16.6. The molecule has 2 N–H and O–H groups in total. The normalized spacial score (nSPS) is 14.7. The van der Waals surface area contributed by atoms with Crippen LogP contribution in [-0.2, 0) is 0 Å². The minimum atomic E-state index is -0.0253. The molecular weight excluding hydrogens is 286 g/mol. The smallest absolute Gasteiger partial charge is 0.253 e. The highest BCUT2D eigenvalue weighted by atomic mass is 16.1. The molecule has 1 saturated carbocycles. The van der Waals surface area contributed by atoms with E-state index in [0.717, 1.165) is 24.3 Å². The van der Waals surface area contributed by atoms with E-state index in [1.54, 1.807) is 6.20 Å². The third-order valence-corrected chi connectivity index (χ3v) is 4.58. The van der Waals surface area contributed by atoms with E-state index >= 15 is 0 Å². The summed E-state index contributed by atoms with van der Waals surface area (Å²) in [7, 11) is 0. The molecule has 1 aromatic carbocycles. The number of nitrogens with one attached hydrogen (secondary N) is 2. The molecule has 1 heterocycles. The molecule has 0 bridgehead atoms. The summed E-state index contributed by atoms with van der Waals surface area (Å²) in [5, 5.41) is 6.39. The van der Waals surface area contributed by atoms with Gasteiger partial charge in [-0.3, -0.25) is 4.79 Å². The molecule has 1 aliphatic carbocycles. The molecule has 0 spiro atoms. The minimum Gasteiger partial charge on any atom is -0.349 e. The van der Waals surface area contributed by atoms with E-state index in [9.17, 15) is 4.79 Å². The van der Waals surface area contributed by atoms with Crippen LogP contribution >= 0.6 is 0 Å². The summed E-state index contributed by atoms with van der Waals surface area (Å²) < 4.78 is 0. The second-order valence-electron chi connectivity index (χ2n) is 6.26. The van der Waals surface area contributed by atoms with Gasteiger partial charge in [0.15, 0.2) is 0 Å². The molecule has 0 saturated heterocycles. The van der Waals surface area contributed by atoms with E-state index in [-0.39, 0.29) is 5.91 Å². The fourth-order valence-electron chi connectivity index (χ4n) is 2.97. The first-order valence-electron chi connectivity index (χ1n) is 8.23. The Morgan fingerprint density at radius 1 is 1.13 bits per heavy atom. The molecule has 120 valence electrons. The van der Waals surface area contributed by atoms with Crippen molar-refractivity contribution in [3.63, 3.8) is 0 Å². The lowest BCUT2D eigenvalue weighted by Crippen LogP contribution is -2.32. The lowest BCUT2D eigenvalue weighted by Gasteiger charge is -2.13. The van der Waals surface area contributed by atoms with Crippen LogP contribution in [0.5, 0.6) is 0 Å². The summed E-state index contributed by atoms with van der Waals surface area (Å²) >= 11 is 0. The Labute approximate surface area is 137 Å². The van der Waals surface area contributed by atoms with Gasteiger partial charge in [-0.2, -0.15) is 0 Å². The van der Waals surface area contributed by atoms with Crippen LogP contribution in [0.2, 0.25) is 0 Å². The maximum Gasteiger partial charge on any atom is 0.253 e. The van der Waals surface area contributed by atoms with Crippen molar-refractivity contribution in [1.82, 2.24) is 10.3 Å². The minimum absolute atomic E-state index is 0.0253. The first-order chi connectivity index (χ1) is 11.1. The van der Waals surface area contributed by atoms with Gasteiger partial charge in [0.25, 0.3) is 5.91 Å². The molecule has 0 atom stereocenters. The Balaban J connectivity index is 1.66. The largest absolute Gasteiger partial charge is 0.349 e. The van der Waals surface area contributed by atoms with Crippen LogP contribution in [0.1, 0.15) is 47.2 Å². The number of anilines is 2. The number of benzene rings is 1. The zero-order chi connectivity index (χ0) is 16.2. The van der Waals surface area contributed by atoms with E-state index in [4.69, 9.17) is 0 Å². The van der Waals surface area contributed by atoms with Gasteiger partial charge in [-0.15, -0.1) is 0 Å². The number of amides is 1. The van der Waals surface area contributed by atoms with Crippen molar-refractivity contribution in [3.05, 3.63) is 53.2 Å². The molecule has 0 radical (unpaired) electrons. The zero-order valence-corrected chi connectivity index (χ0v) is 13.7. The third-order valence-electron chi connectivity index (χ3n) is 4.58. The van der Waals surface area contributed by atoms with Crippen LogP contribution in [0.15, 0.2) is 36.5 Å². The number of hydrogen-bond acceptors (Lipinski definition) is 3. The number of carbonyl (C=O) groups excluding carboxylic acids is 1. The lowest BCUT2D eigenvalue weighted by molar-refractivity contribution is 0.0937. The zero-order valence-electron chi connectivity index (χ0n) is 13.7. The topological polar surface area (TPSA) is 54.0 Å². The van der Waals surface area contributed by atoms with E-state index in [2.05, 4.69) is 35.5 Å². The predicted molar refractivity (Wildman–Crippen MR) is 93.2 cm³/mol. The van der Waals surface area contributed by atoms with Crippen LogP contribution < -0.4 is 10.6 Å². The predicted octanol–water partition coefficient (Wildman–Crippen LogP) is 4.11. The highest BCUT2D eigenvalue weighted by molar-refractivity contribution is 5.94. The second kappa shape index (κ2) is 6.82. The highest BCUT2D eigenvalue weighted by Crippen LogP contribution is 2.22. The van der Waals surface area contributed by atoms with Gasteiger partial charge in [0.1, 0.15) is 5.82 Å². The standard InChI is InChI=1S/C19H23N3O/c1-13-6-5-9-17(14(13)2)22-18-11-10-15(12-20-18)19(23)21-16-7-3-4-8-16/h5-6,9-12,16H,3-4,7-8H2,1-2H3,(H,20,22)(H,21,23). The molecule has 0 aliphatic heterocycles. The van der Waals surface area contributed by atoms with Crippen molar-refractivity contribution in [1.29, 1.82) is 0 Å². The first-order valence-corrected chi connectivity index (χ1v) is 8.23. The quantitative estimate of drug-likeness (QED) is 0.893. The molecular formula is C19H23N3O. The van der Waals surface area contributed by atoms with Crippen LogP contribution in [0.4, 0.5) is 11.5 Å². The van der Waals surface area contributed by atoms with Gasteiger partial charge in [-0.25, -0.2) is 4.98 Å². The van der Waals surface area contributed by atoms with Crippen LogP contribution in [0.25, 0.3) is 0 Å². The van der Waals surface area contributed by atoms with E-state index < -0.39 is 0 Å². The SMILES string of the molecule is Cc1cccc(Nc2ccc(C(=O)NC3CCCC3)cn2)c1C. The van der Waals surface area contributed by atoms with Crippen LogP contribution in [-0.4, -0.2) is 16.9 Å². The Morgan fingerprint density at radius 3 is 2.61 bits per heavy atom. The number of pyridine rings is 1. The molecule has 23 heavy (non-hydrogen) atoms. The van der Waals surface area contributed by atoms with Gasteiger partial charge in [-0.1, -0.05) is 25.0 Å². The number of hydrogen-bond donors (Lipinski definition) is 2. The molecule has 1 aromatic heterocycles. The third kappa shape index (κ3) is 3.70. The number of aromatic nitrogens is 1. The fraction of sp³-hybridized carbons (Fsp3) is 0.368. The molecule has 2 aromatic rings. The average molecular weight is 309 g/mol. The molecule has 4 nitrogen and oxygen atoms in total. The summed E-state index contributed by atoms with van der Waals surface area (Å²) in [6, 6.07) is 10.1. The lowest BCUT2D eigenvalue weighted by atomic mass is 10.1. The maximum absolute atomic E-state index is 12.2. The van der Waals surface area contributed by atoms with E-state index in [0.29, 0.717) is 11.6 Å². The fourth-order valence-corrected chi connectivity index (χ4v) is 2.97. The van der Waals surface area contributed by atoms with E-state index in [1.807, 2.05) is 24.3 Å². The molecule has 1 aliphatic rings. The van der Waals surface area contributed by atoms with Gasteiger partial charge in [0.05, 0.1) is 5.56 Å². The number of rotatable bonds is 4. The van der Waals surface area contributed by atoms with Crippen LogP contribution in [0, 0.1) is 13.8 Å². The van der Waals surface area contributed by atoms with E-state index in [1.165, 1.54) is 24.0 Å². The number of nitrogens with zero attached hydrogens (tertiary/aromatic N) is 1. The Morgan fingerprint density at radius 2 is 1.91 bits per heavy atom. The Kier molecular flexibility index (Phi) is 4.60. The van der Waals surface area contributed by atoms with Gasteiger partial charge in [0.2, 0.25) is 0 Å². The van der Waals surface area contributed by atoms with Gasteiger partial charge < -0.3 is 10.6 Å². The average Bonchev–Trinajstić information content (AvgIpc) is 3.05. The van der Waals surface area contributed by atoms with Crippen molar-refractivity contribution in [2.75, 3.05) is 5.32 Å². The van der Waals surface area contributed by atoms with Crippen molar-refractivity contribution >= 4 is 17.4 Å². The van der Waals surface area contributed by atoms with Crippen molar-refractivity contribution in [2.24, 2.45) is 0 Å². The summed E-state index contributed by atoms with van der Waals surface area (Å²) in [6.45, 7) is 4.17. The van der Waals surface area contributed by atoms with Crippen molar-refractivity contribution in [3.8, 4) is 0 Å². The maximum atomic E-state index is 12.2. The van der Waals surface area contributed by atoms with Gasteiger partial charge >= 0.3 is 0 Å². The molecule has 1 amide bonds. The molecule has 1 fully saturated rings. The van der Waals surface area contributed by atoms with Crippen LogP contribution in [0.3, 0.4) is 0 Å². The number of aryl methyl sites for hydroxylation is 1. The summed E-state index contributed by atoms with van der Waals surface area (Å²) in [5.41, 5.74) is 4.10. The van der Waals surface area contributed by atoms with Gasteiger partial charge in [0, 0.05) is 17.9 Å². The first kappa shape index (κ1) is 15.5. The monoisotopic (exact) mass is 309 g/mol. The summed E-state index contributed by atoms with van der Waals surface area (Å²) in [5.74, 6) is 0.721. The molecule has 0 unspecified atom stereocenters. The number of carbonyl (C=O) groups is 1. The van der Waals surface area contributed by atoms with Crippen molar-refractivity contribution < 1.29 is 4.79 Å². The Hall–Kier alpha value is -2.36. The molecule has 3 rings (SSSR count). The van der Waals surface area contributed by atoms with Crippen molar-refractivity contribution in [2.45, 2.75) is 45.6 Å². The second-order valence-corrected chi connectivity index (χ2v) is 6.26. The highest BCUT2D eigenvalue weighted by Gasteiger charge is 2.18. The molecule has 4 heteroatoms.